The number of hydrogen-bond acceptors (Lipinski definition) is 3. The average molecular weight is 294 g/mol. The summed E-state index contributed by atoms with van der Waals surface area (Å²) >= 11 is 13.6. The van der Waals surface area contributed by atoms with Gasteiger partial charge >= 0.3 is 0 Å². The van der Waals surface area contributed by atoms with E-state index < -0.39 is 0 Å². The number of morpholine rings is 1. The van der Waals surface area contributed by atoms with Crippen LogP contribution in [0.3, 0.4) is 0 Å². The van der Waals surface area contributed by atoms with Crippen LogP contribution < -0.4 is 5.32 Å². The zero-order valence-electron chi connectivity index (χ0n) is 10.1. The molecule has 1 unspecified atom stereocenters. The lowest BCUT2D eigenvalue weighted by atomic mass is 9.94. The second-order valence-corrected chi connectivity index (χ2v) is 6.69. The fourth-order valence-electron chi connectivity index (χ4n) is 2.23. The van der Waals surface area contributed by atoms with Crippen LogP contribution in [0.15, 0.2) is 6.07 Å². The van der Waals surface area contributed by atoms with Crippen molar-refractivity contribution in [2.45, 2.75) is 38.4 Å². The van der Waals surface area contributed by atoms with Crippen LogP contribution in [0.1, 0.15) is 38.4 Å². The van der Waals surface area contributed by atoms with Crippen molar-refractivity contribution in [3.05, 3.63) is 20.3 Å². The highest BCUT2D eigenvalue weighted by molar-refractivity contribution is 7.20. The van der Waals surface area contributed by atoms with Crippen molar-refractivity contribution >= 4 is 34.5 Å². The molecule has 1 atom stereocenters. The molecule has 17 heavy (non-hydrogen) atoms. The maximum atomic E-state index is 6.25. The third-order valence-corrected chi connectivity index (χ3v) is 5.01. The minimum absolute atomic E-state index is 0.0138. The van der Waals surface area contributed by atoms with Crippen LogP contribution in [0.2, 0.25) is 8.67 Å². The van der Waals surface area contributed by atoms with E-state index in [1.54, 1.807) is 0 Å². The summed E-state index contributed by atoms with van der Waals surface area (Å²) < 4.78 is 7.71. The van der Waals surface area contributed by atoms with Crippen molar-refractivity contribution < 1.29 is 4.74 Å². The normalized spacial score (nSPS) is 23.9. The molecular formula is C12H17Cl2NOS. The van der Waals surface area contributed by atoms with Crippen molar-refractivity contribution in [2.24, 2.45) is 0 Å². The molecule has 1 aliphatic heterocycles. The van der Waals surface area contributed by atoms with Gasteiger partial charge < -0.3 is 10.1 Å². The molecule has 2 heterocycles. The summed E-state index contributed by atoms with van der Waals surface area (Å²) in [7, 11) is 0. The molecule has 1 N–H and O–H groups in total. The first-order valence-corrected chi connectivity index (χ1v) is 7.50. The van der Waals surface area contributed by atoms with Gasteiger partial charge in [0.15, 0.2) is 0 Å². The molecule has 1 fully saturated rings. The molecule has 0 amide bonds. The van der Waals surface area contributed by atoms with Gasteiger partial charge in [-0.05, 0) is 18.9 Å². The number of hydrogen-bond donors (Lipinski definition) is 1. The standard InChI is InChI=1S/C12H17Cl2NOS/c1-3-12(4-2)7-15-6-9(16-12)8-5-10(13)17-11(8)14/h5,9,15H,3-4,6-7H2,1-2H3. The van der Waals surface area contributed by atoms with Crippen LogP contribution in [0, 0.1) is 0 Å². The van der Waals surface area contributed by atoms with Crippen LogP contribution in [-0.4, -0.2) is 18.7 Å². The van der Waals surface area contributed by atoms with E-state index in [1.165, 1.54) is 11.3 Å². The molecule has 0 aliphatic carbocycles. The van der Waals surface area contributed by atoms with Gasteiger partial charge in [0.25, 0.3) is 0 Å². The highest BCUT2D eigenvalue weighted by atomic mass is 35.5. The Morgan fingerprint density at radius 3 is 2.71 bits per heavy atom. The molecule has 1 saturated heterocycles. The summed E-state index contributed by atoms with van der Waals surface area (Å²) in [5, 5.41) is 3.44. The minimum atomic E-state index is -0.0688. The first-order chi connectivity index (χ1) is 8.10. The Balaban J connectivity index is 2.20. The second-order valence-electron chi connectivity index (χ2n) is 4.41. The molecule has 5 heteroatoms. The van der Waals surface area contributed by atoms with Crippen molar-refractivity contribution in [2.75, 3.05) is 13.1 Å². The van der Waals surface area contributed by atoms with Gasteiger partial charge in [-0.3, -0.25) is 0 Å². The topological polar surface area (TPSA) is 21.3 Å². The Kier molecular flexibility index (Phi) is 4.37. The molecule has 0 radical (unpaired) electrons. The van der Waals surface area contributed by atoms with E-state index in [0.29, 0.717) is 0 Å². The summed E-state index contributed by atoms with van der Waals surface area (Å²) in [6.45, 7) is 6.03. The van der Waals surface area contributed by atoms with Gasteiger partial charge in [0, 0.05) is 18.7 Å². The Hall–Kier alpha value is 0.200. The molecule has 0 bridgehead atoms. The molecule has 2 rings (SSSR count). The van der Waals surface area contributed by atoms with E-state index in [2.05, 4.69) is 19.2 Å². The quantitative estimate of drug-likeness (QED) is 0.898. The molecule has 96 valence electrons. The first-order valence-electron chi connectivity index (χ1n) is 5.93. The third-order valence-electron chi connectivity index (χ3n) is 3.49. The Morgan fingerprint density at radius 1 is 1.47 bits per heavy atom. The molecule has 2 nitrogen and oxygen atoms in total. The zero-order valence-corrected chi connectivity index (χ0v) is 12.4. The molecule has 1 aromatic rings. The van der Waals surface area contributed by atoms with Gasteiger partial charge in [0.2, 0.25) is 0 Å². The van der Waals surface area contributed by atoms with Crippen molar-refractivity contribution in [3.8, 4) is 0 Å². The fourth-order valence-corrected chi connectivity index (χ4v) is 3.79. The van der Waals surface area contributed by atoms with Crippen LogP contribution in [0.5, 0.6) is 0 Å². The number of thiophene rings is 1. The van der Waals surface area contributed by atoms with Gasteiger partial charge in [-0.15, -0.1) is 11.3 Å². The smallest absolute Gasteiger partial charge is 0.100 e. The fraction of sp³-hybridized carbons (Fsp3) is 0.667. The molecule has 1 aromatic heterocycles. The highest BCUT2D eigenvalue weighted by Gasteiger charge is 2.35. The Bertz CT molecular complexity index is 390. The number of ether oxygens (including phenoxy) is 1. The average Bonchev–Trinajstić information content (AvgIpc) is 2.68. The summed E-state index contributed by atoms with van der Waals surface area (Å²) in [5.41, 5.74) is 0.945. The summed E-state index contributed by atoms with van der Waals surface area (Å²) in [5.74, 6) is 0. The van der Waals surface area contributed by atoms with E-state index in [-0.39, 0.29) is 11.7 Å². The largest absolute Gasteiger partial charge is 0.364 e. The van der Waals surface area contributed by atoms with E-state index in [9.17, 15) is 0 Å². The summed E-state index contributed by atoms with van der Waals surface area (Å²) in [6, 6.07) is 1.92. The van der Waals surface area contributed by atoms with E-state index in [0.717, 1.165) is 40.2 Å². The first kappa shape index (κ1) is 13.6. The van der Waals surface area contributed by atoms with Crippen LogP contribution in [0.4, 0.5) is 0 Å². The van der Waals surface area contributed by atoms with Crippen molar-refractivity contribution in [1.29, 1.82) is 0 Å². The molecule has 0 spiro atoms. The van der Waals surface area contributed by atoms with Crippen LogP contribution in [0.25, 0.3) is 0 Å². The van der Waals surface area contributed by atoms with Crippen LogP contribution >= 0.6 is 34.5 Å². The number of rotatable bonds is 3. The second kappa shape index (κ2) is 5.45. The Morgan fingerprint density at radius 2 is 2.18 bits per heavy atom. The maximum absolute atomic E-state index is 6.25. The molecule has 1 aliphatic rings. The van der Waals surface area contributed by atoms with E-state index in [4.69, 9.17) is 27.9 Å². The van der Waals surface area contributed by atoms with Crippen molar-refractivity contribution in [3.63, 3.8) is 0 Å². The van der Waals surface area contributed by atoms with Gasteiger partial charge in [-0.1, -0.05) is 37.0 Å². The van der Waals surface area contributed by atoms with E-state index in [1.807, 2.05) is 6.07 Å². The highest BCUT2D eigenvalue weighted by Crippen LogP contribution is 2.40. The molecule has 0 saturated carbocycles. The van der Waals surface area contributed by atoms with Gasteiger partial charge in [0.1, 0.15) is 4.34 Å². The van der Waals surface area contributed by atoms with Gasteiger partial charge in [-0.2, -0.15) is 0 Å². The lowest BCUT2D eigenvalue weighted by Gasteiger charge is -2.41. The maximum Gasteiger partial charge on any atom is 0.100 e. The number of nitrogens with one attached hydrogen (secondary N) is 1. The summed E-state index contributed by atoms with van der Waals surface area (Å²) in [4.78, 5) is 0. The molecular weight excluding hydrogens is 277 g/mol. The van der Waals surface area contributed by atoms with Crippen molar-refractivity contribution in [1.82, 2.24) is 5.32 Å². The van der Waals surface area contributed by atoms with Gasteiger partial charge in [0.05, 0.1) is 16.0 Å². The third kappa shape index (κ3) is 2.79. The van der Waals surface area contributed by atoms with Crippen LogP contribution in [-0.2, 0) is 4.74 Å². The van der Waals surface area contributed by atoms with E-state index >= 15 is 0 Å². The molecule has 0 aromatic carbocycles. The minimum Gasteiger partial charge on any atom is -0.364 e. The predicted molar refractivity (Wildman–Crippen MR) is 74.3 cm³/mol. The lowest BCUT2D eigenvalue weighted by Crippen LogP contribution is -2.50. The lowest BCUT2D eigenvalue weighted by molar-refractivity contribution is -0.122. The Labute approximate surface area is 116 Å². The monoisotopic (exact) mass is 293 g/mol. The SMILES string of the molecule is CCC1(CC)CNCC(c2cc(Cl)sc2Cl)O1. The van der Waals surface area contributed by atoms with Gasteiger partial charge in [-0.25, -0.2) is 0 Å². The summed E-state index contributed by atoms with van der Waals surface area (Å²) in [6.07, 6.45) is 2.02. The number of halogens is 2. The predicted octanol–water partition coefficient (Wildman–Crippen LogP) is 4.27. The zero-order chi connectivity index (χ0) is 12.5.